The highest BCUT2D eigenvalue weighted by Gasteiger charge is 2.19. The lowest BCUT2D eigenvalue weighted by molar-refractivity contribution is 0.556. The van der Waals surface area contributed by atoms with Crippen LogP contribution in [0.3, 0.4) is 0 Å². The summed E-state index contributed by atoms with van der Waals surface area (Å²) in [5.74, 6) is -0.978. The van der Waals surface area contributed by atoms with E-state index in [4.69, 9.17) is 0 Å². The lowest BCUT2D eigenvalue weighted by atomic mass is 10.0. The molecule has 19 heavy (non-hydrogen) atoms. The van der Waals surface area contributed by atoms with E-state index in [1.54, 1.807) is 0 Å². The molecule has 0 atom stereocenters. The molecule has 1 fully saturated rings. The Hall–Kier alpha value is -0.740. The van der Waals surface area contributed by atoms with Crippen LogP contribution in [0.5, 0.6) is 0 Å². The predicted octanol–water partition coefficient (Wildman–Crippen LogP) is 4.36. The molecule has 0 aliphatic heterocycles. The molecule has 0 heterocycles. The topological polar surface area (TPSA) is 12.0 Å². The van der Waals surface area contributed by atoms with E-state index in [-0.39, 0.29) is 5.56 Å². The molecule has 4 heteroatoms. The van der Waals surface area contributed by atoms with E-state index in [1.807, 2.05) is 6.92 Å². The summed E-state index contributed by atoms with van der Waals surface area (Å²) in [6, 6.07) is 3.39. The van der Waals surface area contributed by atoms with Gasteiger partial charge in [0, 0.05) is 11.6 Å². The first kappa shape index (κ1) is 14.7. The number of hydrogen-bond donors (Lipinski definition) is 1. The van der Waals surface area contributed by atoms with Crippen molar-refractivity contribution in [1.82, 2.24) is 5.32 Å². The minimum absolute atomic E-state index is 0.137. The third-order valence-electron chi connectivity index (χ3n) is 3.24. The highest BCUT2D eigenvalue weighted by molar-refractivity contribution is 9.10. The number of nitrogens with one attached hydrogen (secondary N) is 1. The van der Waals surface area contributed by atoms with Gasteiger partial charge in [-0.3, -0.25) is 0 Å². The molecule has 0 saturated heterocycles. The Balaban J connectivity index is 1.91. The number of allylic oxidation sites excluding steroid dienone is 1. The first-order valence-electron chi connectivity index (χ1n) is 6.59. The zero-order chi connectivity index (χ0) is 13.8. The van der Waals surface area contributed by atoms with Crippen molar-refractivity contribution in [2.24, 2.45) is 0 Å². The molecule has 0 radical (unpaired) electrons. The van der Waals surface area contributed by atoms with Crippen LogP contribution >= 0.6 is 15.9 Å². The molecule has 1 aromatic carbocycles. The monoisotopic (exact) mass is 329 g/mol. The third kappa shape index (κ3) is 4.39. The van der Waals surface area contributed by atoms with E-state index < -0.39 is 11.6 Å². The number of halogens is 3. The fraction of sp³-hybridized carbons (Fsp3) is 0.467. The van der Waals surface area contributed by atoms with Crippen LogP contribution in [0.1, 0.15) is 31.7 Å². The van der Waals surface area contributed by atoms with Crippen LogP contribution in [0.25, 0.3) is 0 Å². The van der Waals surface area contributed by atoms with Gasteiger partial charge >= 0.3 is 0 Å². The molecule has 1 aliphatic rings. The standard InChI is InChI=1S/C15H18BrF2N/c1-10(3-2-8-19-11-4-5-11)9-12-14(17)7-6-13(16)15(12)18/h3,6-7,11,19H,2,4-5,8-9H2,1H3/b10-3-. The zero-order valence-corrected chi connectivity index (χ0v) is 12.6. The first-order chi connectivity index (χ1) is 9.08. The summed E-state index contributed by atoms with van der Waals surface area (Å²) in [5, 5.41) is 3.41. The molecule has 0 unspecified atom stereocenters. The molecule has 1 N–H and O–H groups in total. The second-order valence-electron chi connectivity index (χ2n) is 5.07. The molecular formula is C15H18BrF2N. The van der Waals surface area contributed by atoms with Crippen molar-refractivity contribution >= 4 is 15.9 Å². The van der Waals surface area contributed by atoms with Crippen LogP contribution in [-0.2, 0) is 6.42 Å². The van der Waals surface area contributed by atoms with Crippen LogP contribution in [0, 0.1) is 11.6 Å². The number of rotatable bonds is 6. The minimum Gasteiger partial charge on any atom is -0.314 e. The molecule has 1 nitrogen and oxygen atoms in total. The maximum atomic E-state index is 13.8. The van der Waals surface area contributed by atoms with Gasteiger partial charge in [-0.15, -0.1) is 0 Å². The lowest BCUT2D eigenvalue weighted by Crippen LogP contribution is -2.16. The van der Waals surface area contributed by atoms with E-state index in [0.29, 0.717) is 16.9 Å². The van der Waals surface area contributed by atoms with E-state index in [0.717, 1.165) is 18.5 Å². The first-order valence-corrected chi connectivity index (χ1v) is 7.38. The quantitative estimate of drug-likeness (QED) is 0.464. The predicted molar refractivity (Wildman–Crippen MR) is 77.2 cm³/mol. The molecule has 0 spiro atoms. The summed E-state index contributed by atoms with van der Waals surface area (Å²) < 4.78 is 27.7. The Labute approximate surface area is 121 Å². The van der Waals surface area contributed by atoms with Gasteiger partial charge in [-0.25, -0.2) is 8.78 Å². The van der Waals surface area contributed by atoms with E-state index in [2.05, 4.69) is 27.3 Å². The molecule has 1 saturated carbocycles. The van der Waals surface area contributed by atoms with Crippen molar-refractivity contribution in [3.8, 4) is 0 Å². The van der Waals surface area contributed by atoms with Crippen molar-refractivity contribution in [2.45, 2.75) is 38.6 Å². The van der Waals surface area contributed by atoms with E-state index in [9.17, 15) is 8.78 Å². The summed E-state index contributed by atoms with van der Waals surface area (Å²) in [4.78, 5) is 0. The van der Waals surface area contributed by atoms with Crippen LogP contribution in [0.2, 0.25) is 0 Å². The largest absolute Gasteiger partial charge is 0.314 e. The van der Waals surface area contributed by atoms with Crippen LogP contribution in [0.15, 0.2) is 28.3 Å². The molecule has 104 valence electrons. The highest BCUT2D eigenvalue weighted by atomic mass is 79.9. The van der Waals surface area contributed by atoms with Crippen LogP contribution < -0.4 is 5.32 Å². The van der Waals surface area contributed by atoms with Crippen molar-refractivity contribution in [3.63, 3.8) is 0 Å². The molecule has 0 bridgehead atoms. The smallest absolute Gasteiger partial charge is 0.143 e. The van der Waals surface area contributed by atoms with Crippen molar-refractivity contribution in [1.29, 1.82) is 0 Å². The van der Waals surface area contributed by atoms with Gasteiger partial charge in [-0.1, -0.05) is 11.6 Å². The van der Waals surface area contributed by atoms with Crippen molar-refractivity contribution in [2.75, 3.05) is 6.54 Å². The van der Waals surface area contributed by atoms with Gasteiger partial charge in [0.25, 0.3) is 0 Å². The minimum atomic E-state index is -0.496. The van der Waals surface area contributed by atoms with Gasteiger partial charge in [0.1, 0.15) is 11.6 Å². The molecule has 1 aromatic rings. The highest BCUT2D eigenvalue weighted by Crippen LogP contribution is 2.24. The van der Waals surface area contributed by atoms with Gasteiger partial charge in [0.05, 0.1) is 4.47 Å². The van der Waals surface area contributed by atoms with E-state index >= 15 is 0 Å². The zero-order valence-electron chi connectivity index (χ0n) is 11.0. The second kappa shape index (κ2) is 6.62. The lowest BCUT2D eigenvalue weighted by Gasteiger charge is -2.07. The Morgan fingerprint density at radius 2 is 2.16 bits per heavy atom. The van der Waals surface area contributed by atoms with Crippen LogP contribution in [-0.4, -0.2) is 12.6 Å². The normalized spacial score (nSPS) is 15.9. The summed E-state index contributed by atoms with van der Waals surface area (Å²) in [7, 11) is 0. The van der Waals surface area contributed by atoms with Gasteiger partial charge < -0.3 is 5.32 Å². The summed E-state index contributed by atoms with van der Waals surface area (Å²) in [6.45, 7) is 2.85. The second-order valence-corrected chi connectivity index (χ2v) is 5.92. The maximum Gasteiger partial charge on any atom is 0.143 e. The average molecular weight is 330 g/mol. The summed E-state index contributed by atoms with van der Waals surface area (Å²) in [5.41, 5.74) is 1.13. The van der Waals surface area contributed by atoms with E-state index in [1.165, 1.54) is 25.0 Å². The Morgan fingerprint density at radius 3 is 2.84 bits per heavy atom. The Kier molecular flexibility index (Phi) is 5.11. The third-order valence-corrected chi connectivity index (χ3v) is 3.85. The van der Waals surface area contributed by atoms with Gasteiger partial charge in [-0.05, 0) is 67.2 Å². The van der Waals surface area contributed by atoms with Crippen LogP contribution in [0.4, 0.5) is 8.78 Å². The summed E-state index contributed by atoms with van der Waals surface area (Å²) >= 11 is 3.09. The van der Waals surface area contributed by atoms with Gasteiger partial charge in [0.15, 0.2) is 0 Å². The molecule has 2 rings (SSSR count). The molecule has 1 aliphatic carbocycles. The summed E-state index contributed by atoms with van der Waals surface area (Å²) in [6.07, 6.45) is 5.82. The fourth-order valence-electron chi connectivity index (χ4n) is 1.98. The van der Waals surface area contributed by atoms with Crippen molar-refractivity contribution in [3.05, 3.63) is 45.5 Å². The van der Waals surface area contributed by atoms with Gasteiger partial charge in [-0.2, -0.15) is 0 Å². The Bertz CT molecular complexity index is 481. The molecule has 0 amide bonds. The number of hydrogen-bond acceptors (Lipinski definition) is 1. The fourth-order valence-corrected chi connectivity index (χ4v) is 2.35. The maximum absolute atomic E-state index is 13.8. The van der Waals surface area contributed by atoms with Gasteiger partial charge in [0.2, 0.25) is 0 Å². The Morgan fingerprint density at radius 1 is 1.42 bits per heavy atom. The number of benzene rings is 1. The van der Waals surface area contributed by atoms with Crippen molar-refractivity contribution < 1.29 is 8.78 Å². The molecular weight excluding hydrogens is 312 g/mol. The SMILES string of the molecule is C/C(=C/CCNC1CC1)Cc1c(F)ccc(Br)c1F. The average Bonchev–Trinajstić information content (AvgIpc) is 3.19. The molecule has 0 aromatic heterocycles.